The Hall–Kier alpha value is -1.17. The maximum atomic E-state index is 14.0. The number of rotatable bonds is 11. The van der Waals surface area contributed by atoms with E-state index in [0.717, 1.165) is 110 Å². The van der Waals surface area contributed by atoms with Crippen molar-refractivity contribution in [1.82, 2.24) is 15.5 Å². The molecule has 0 spiro atoms. The highest BCUT2D eigenvalue weighted by Crippen LogP contribution is 2.20. The first-order chi connectivity index (χ1) is 15.8. The number of aliphatic imine (C=N–C) groups is 1. The van der Waals surface area contributed by atoms with Crippen molar-refractivity contribution in [1.29, 1.82) is 0 Å². The third-order valence-corrected chi connectivity index (χ3v) is 6.18. The minimum Gasteiger partial charge on any atom is -0.381 e. The molecule has 1 aromatic carbocycles. The van der Waals surface area contributed by atoms with E-state index >= 15 is 0 Å². The van der Waals surface area contributed by atoms with Crippen molar-refractivity contribution in [2.45, 2.75) is 25.7 Å². The molecule has 0 bridgehead atoms. The molecule has 2 saturated heterocycles. The van der Waals surface area contributed by atoms with Gasteiger partial charge >= 0.3 is 0 Å². The van der Waals surface area contributed by atoms with E-state index in [0.29, 0.717) is 5.92 Å². The summed E-state index contributed by atoms with van der Waals surface area (Å²) in [5.74, 6) is 1.38. The topological polar surface area (TPSA) is 61.4 Å². The van der Waals surface area contributed by atoms with E-state index in [9.17, 15) is 4.39 Å². The van der Waals surface area contributed by atoms with E-state index < -0.39 is 0 Å². The highest BCUT2D eigenvalue weighted by molar-refractivity contribution is 14.0. The summed E-state index contributed by atoms with van der Waals surface area (Å²) in [6.07, 6.45) is 4.26. The summed E-state index contributed by atoms with van der Waals surface area (Å²) in [5, 5.41) is 6.75. The molecular weight excluding hydrogens is 536 g/mol. The Labute approximate surface area is 215 Å². The van der Waals surface area contributed by atoms with Crippen molar-refractivity contribution in [2.24, 2.45) is 10.9 Å². The molecule has 0 aliphatic carbocycles. The SMILES string of the molecule is CN=C(NCCCOCC1CCOCC1)NCCCN1CCN(c2ccccc2F)CC1.I. The van der Waals surface area contributed by atoms with Gasteiger partial charge in [-0.1, -0.05) is 12.1 Å². The van der Waals surface area contributed by atoms with Gasteiger partial charge in [0.15, 0.2) is 5.96 Å². The number of anilines is 1. The van der Waals surface area contributed by atoms with Gasteiger partial charge in [0.25, 0.3) is 0 Å². The van der Waals surface area contributed by atoms with E-state index in [2.05, 4.69) is 25.4 Å². The summed E-state index contributed by atoms with van der Waals surface area (Å²) in [6.45, 7) is 9.83. The summed E-state index contributed by atoms with van der Waals surface area (Å²) in [7, 11) is 1.80. The Morgan fingerprint density at radius 2 is 1.79 bits per heavy atom. The summed E-state index contributed by atoms with van der Waals surface area (Å²) >= 11 is 0. The van der Waals surface area contributed by atoms with Gasteiger partial charge in [-0.15, -0.1) is 24.0 Å². The molecule has 7 nitrogen and oxygen atoms in total. The van der Waals surface area contributed by atoms with E-state index in [1.165, 1.54) is 6.07 Å². The van der Waals surface area contributed by atoms with Gasteiger partial charge in [0.1, 0.15) is 5.82 Å². The number of nitrogens with zero attached hydrogens (tertiary/aromatic N) is 3. The van der Waals surface area contributed by atoms with Gasteiger partial charge in [-0.05, 0) is 50.3 Å². The van der Waals surface area contributed by atoms with Crippen LogP contribution in [-0.4, -0.2) is 90.1 Å². The normalized spacial score (nSPS) is 18.1. The molecule has 188 valence electrons. The molecule has 2 fully saturated rings. The first-order valence-corrected chi connectivity index (χ1v) is 12.1. The lowest BCUT2D eigenvalue weighted by Crippen LogP contribution is -2.47. The fraction of sp³-hybridized carbons (Fsp3) is 0.708. The molecule has 2 N–H and O–H groups in total. The maximum absolute atomic E-state index is 14.0. The molecule has 0 unspecified atom stereocenters. The molecule has 3 rings (SSSR count). The van der Waals surface area contributed by atoms with E-state index in [1.54, 1.807) is 13.1 Å². The number of hydrogen-bond acceptors (Lipinski definition) is 5. The molecule has 2 heterocycles. The first kappa shape index (κ1) is 28.1. The predicted octanol–water partition coefficient (Wildman–Crippen LogP) is 2.95. The smallest absolute Gasteiger partial charge is 0.190 e. The Bertz CT molecular complexity index is 683. The van der Waals surface area contributed by atoms with Crippen molar-refractivity contribution in [3.63, 3.8) is 0 Å². The van der Waals surface area contributed by atoms with Crippen LogP contribution in [0.1, 0.15) is 25.7 Å². The zero-order valence-corrected chi connectivity index (χ0v) is 22.3. The van der Waals surface area contributed by atoms with Crippen LogP contribution in [0.4, 0.5) is 10.1 Å². The number of benzene rings is 1. The minimum atomic E-state index is -0.130. The third kappa shape index (κ3) is 10.3. The summed E-state index contributed by atoms with van der Waals surface area (Å²) in [5.41, 5.74) is 0.720. The van der Waals surface area contributed by atoms with Gasteiger partial charge in [-0.25, -0.2) is 4.39 Å². The molecule has 2 aliphatic rings. The Kier molecular flexibility index (Phi) is 14.0. The second-order valence-electron chi connectivity index (χ2n) is 8.54. The lowest BCUT2D eigenvalue weighted by Gasteiger charge is -2.36. The summed E-state index contributed by atoms with van der Waals surface area (Å²) in [6, 6.07) is 7.05. The van der Waals surface area contributed by atoms with Crippen LogP contribution >= 0.6 is 24.0 Å². The predicted molar refractivity (Wildman–Crippen MR) is 143 cm³/mol. The van der Waals surface area contributed by atoms with Crippen molar-refractivity contribution in [2.75, 3.05) is 84.2 Å². The molecule has 0 saturated carbocycles. The van der Waals surface area contributed by atoms with Gasteiger partial charge in [-0.3, -0.25) is 9.89 Å². The van der Waals surface area contributed by atoms with Gasteiger partial charge in [0, 0.05) is 72.7 Å². The van der Waals surface area contributed by atoms with Crippen LogP contribution in [0.15, 0.2) is 29.3 Å². The number of piperazine rings is 1. The molecule has 33 heavy (non-hydrogen) atoms. The standard InChI is InChI=1S/C24H40FN5O2.HI/c1-26-24(28-11-5-17-32-20-21-8-18-31-19-9-21)27-10-4-12-29-13-15-30(16-14-29)23-7-3-2-6-22(23)25;/h2-3,6-7,21H,4-5,8-20H2,1H3,(H2,26,27,28);1H. The highest BCUT2D eigenvalue weighted by Gasteiger charge is 2.18. The van der Waals surface area contributed by atoms with E-state index in [-0.39, 0.29) is 29.8 Å². The van der Waals surface area contributed by atoms with Crippen LogP contribution in [0.25, 0.3) is 0 Å². The number of halogens is 2. The van der Waals surface area contributed by atoms with Crippen LogP contribution in [0.5, 0.6) is 0 Å². The van der Waals surface area contributed by atoms with Gasteiger partial charge in [-0.2, -0.15) is 0 Å². The molecule has 0 atom stereocenters. The fourth-order valence-corrected chi connectivity index (χ4v) is 4.19. The molecule has 0 amide bonds. The Balaban J connectivity index is 0.00000385. The van der Waals surface area contributed by atoms with Gasteiger partial charge in [0.05, 0.1) is 5.69 Å². The maximum Gasteiger partial charge on any atom is 0.190 e. The lowest BCUT2D eigenvalue weighted by molar-refractivity contribution is 0.0203. The number of ether oxygens (including phenoxy) is 2. The summed E-state index contributed by atoms with van der Waals surface area (Å²) < 4.78 is 25.2. The number of hydrogen-bond donors (Lipinski definition) is 2. The van der Waals surface area contributed by atoms with Crippen LogP contribution in [-0.2, 0) is 9.47 Å². The quantitative estimate of drug-likeness (QED) is 0.183. The third-order valence-electron chi connectivity index (χ3n) is 6.18. The molecule has 0 aromatic heterocycles. The Morgan fingerprint density at radius 3 is 2.48 bits per heavy atom. The van der Waals surface area contributed by atoms with Crippen LogP contribution < -0.4 is 15.5 Å². The van der Waals surface area contributed by atoms with Crippen LogP contribution in [0, 0.1) is 11.7 Å². The van der Waals surface area contributed by atoms with Gasteiger partial charge < -0.3 is 25.0 Å². The number of nitrogens with one attached hydrogen (secondary N) is 2. The van der Waals surface area contributed by atoms with E-state index in [4.69, 9.17) is 9.47 Å². The lowest BCUT2D eigenvalue weighted by atomic mass is 10.0. The molecule has 1 aromatic rings. The van der Waals surface area contributed by atoms with Crippen molar-refractivity contribution >= 4 is 35.6 Å². The first-order valence-electron chi connectivity index (χ1n) is 12.1. The fourth-order valence-electron chi connectivity index (χ4n) is 4.19. The average molecular weight is 578 g/mol. The molecule has 9 heteroatoms. The van der Waals surface area contributed by atoms with E-state index in [1.807, 2.05) is 12.1 Å². The molecule has 2 aliphatic heterocycles. The molecular formula is C24H41FIN5O2. The van der Waals surface area contributed by atoms with Crippen LogP contribution in [0.3, 0.4) is 0 Å². The van der Waals surface area contributed by atoms with Crippen molar-refractivity contribution in [3.05, 3.63) is 30.1 Å². The van der Waals surface area contributed by atoms with Crippen LogP contribution in [0.2, 0.25) is 0 Å². The van der Waals surface area contributed by atoms with Gasteiger partial charge in [0.2, 0.25) is 0 Å². The zero-order chi connectivity index (χ0) is 22.4. The largest absolute Gasteiger partial charge is 0.381 e. The second-order valence-corrected chi connectivity index (χ2v) is 8.54. The summed E-state index contributed by atoms with van der Waals surface area (Å²) in [4.78, 5) is 8.89. The highest BCUT2D eigenvalue weighted by atomic mass is 127. The number of para-hydroxylation sites is 1. The average Bonchev–Trinajstić information content (AvgIpc) is 2.84. The van der Waals surface area contributed by atoms with Crippen molar-refractivity contribution < 1.29 is 13.9 Å². The second kappa shape index (κ2) is 16.5. The zero-order valence-electron chi connectivity index (χ0n) is 19.9. The monoisotopic (exact) mass is 577 g/mol. The minimum absolute atomic E-state index is 0. The number of guanidine groups is 1. The molecule has 0 radical (unpaired) electrons. The van der Waals surface area contributed by atoms with Crippen molar-refractivity contribution in [3.8, 4) is 0 Å². The Morgan fingerprint density at radius 1 is 1.09 bits per heavy atom.